The van der Waals surface area contributed by atoms with Gasteiger partial charge in [-0.25, -0.2) is 4.99 Å². The van der Waals surface area contributed by atoms with Gasteiger partial charge in [-0.15, -0.1) is 0 Å². The fraction of sp³-hybridized carbons (Fsp3) is 0.0968. The lowest BCUT2D eigenvalue weighted by atomic mass is 10.2. The molecule has 5 rings (SSSR count). The van der Waals surface area contributed by atoms with Gasteiger partial charge in [-0.1, -0.05) is 40.9 Å². The highest BCUT2D eigenvalue weighted by atomic mass is 127. The Kier molecular flexibility index (Phi) is 9.72. The molecule has 0 bridgehead atoms. The van der Waals surface area contributed by atoms with Gasteiger partial charge >= 0.3 is 10.1 Å². The summed E-state index contributed by atoms with van der Waals surface area (Å²) in [7, 11) is -4.12. The first kappa shape index (κ1) is 31.4. The van der Waals surface area contributed by atoms with Gasteiger partial charge in [0.25, 0.3) is 5.91 Å². The fourth-order valence-corrected chi connectivity index (χ4v) is 7.12. The molecule has 220 valence electrons. The molecule has 1 amide bonds. The van der Waals surface area contributed by atoms with E-state index in [1.54, 1.807) is 85.8 Å². The van der Waals surface area contributed by atoms with Crippen molar-refractivity contribution in [2.75, 3.05) is 11.5 Å². The summed E-state index contributed by atoms with van der Waals surface area (Å²) in [4.78, 5) is 20.4. The molecule has 1 fully saturated rings. The van der Waals surface area contributed by atoms with Crippen LogP contribution in [0, 0.1) is 10.5 Å². The predicted octanol–water partition coefficient (Wildman–Crippen LogP) is 8.88. The lowest BCUT2D eigenvalue weighted by Gasteiger charge is -2.16. The van der Waals surface area contributed by atoms with Crippen LogP contribution in [-0.2, 0) is 14.9 Å². The molecule has 7 nitrogen and oxygen atoms in total. The topological polar surface area (TPSA) is 85.3 Å². The van der Waals surface area contributed by atoms with Crippen LogP contribution in [0.5, 0.6) is 11.5 Å². The van der Waals surface area contributed by atoms with E-state index in [4.69, 9.17) is 37.1 Å². The number of aryl methyl sites for hydroxylation is 1. The third-order valence-electron chi connectivity index (χ3n) is 6.07. The summed E-state index contributed by atoms with van der Waals surface area (Å²) in [5.74, 6) is 0.0237. The average molecular weight is 765 g/mol. The Labute approximate surface area is 277 Å². The normalized spacial score (nSPS) is 15.4. The van der Waals surface area contributed by atoms with Crippen LogP contribution < -0.4 is 13.8 Å². The van der Waals surface area contributed by atoms with E-state index in [0.717, 1.165) is 5.56 Å². The molecule has 1 saturated heterocycles. The molecule has 4 aromatic carbocycles. The smallest absolute Gasteiger partial charge is 0.339 e. The molecule has 0 aromatic heterocycles. The van der Waals surface area contributed by atoms with Gasteiger partial charge in [0.15, 0.2) is 16.7 Å². The van der Waals surface area contributed by atoms with Crippen molar-refractivity contribution in [1.82, 2.24) is 0 Å². The van der Waals surface area contributed by atoms with Crippen molar-refractivity contribution in [3.8, 4) is 11.5 Å². The average Bonchev–Trinajstić information content (AvgIpc) is 3.26. The van der Waals surface area contributed by atoms with Crippen LogP contribution in [0.3, 0.4) is 0 Å². The number of rotatable bonds is 8. The zero-order chi connectivity index (χ0) is 30.7. The first-order valence-electron chi connectivity index (χ1n) is 12.9. The van der Waals surface area contributed by atoms with Gasteiger partial charge in [0.1, 0.15) is 4.90 Å². The molecule has 1 aliphatic heterocycles. The minimum atomic E-state index is -4.12. The van der Waals surface area contributed by atoms with Crippen molar-refractivity contribution in [2.45, 2.75) is 18.7 Å². The summed E-state index contributed by atoms with van der Waals surface area (Å²) >= 11 is 15.3. The highest BCUT2D eigenvalue weighted by Gasteiger charge is 2.35. The van der Waals surface area contributed by atoms with Crippen LogP contribution in [0.1, 0.15) is 18.1 Å². The van der Waals surface area contributed by atoms with E-state index in [1.165, 1.54) is 28.8 Å². The highest BCUT2D eigenvalue weighted by Crippen LogP contribution is 2.41. The zero-order valence-electron chi connectivity index (χ0n) is 22.8. The number of carbonyl (C=O) groups excluding carboxylic acids is 1. The summed E-state index contributed by atoms with van der Waals surface area (Å²) in [6.45, 7) is 3.93. The fourth-order valence-electron chi connectivity index (χ4n) is 4.02. The van der Waals surface area contributed by atoms with Crippen LogP contribution in [0.15, 0.2) is 99.7 Å². The monoisotopic (exact) mass is 764 g/mol. The number of benzene rings is 4. The van der Waals surface area contributed by atoms with Crippen molar-refractivity contribution < 1.29 is 22.1 Å². The molecular weight excluding hydrogens is 742 g/mol. The Morgan fingerprint density at radius 2 is 1.58 bits per heavy atom. The Bertz CT molecular complexity index is 1850. The second kappa shape index (κ2) is 13.3. The third kappa shape index (κ3) is 7.38. The van der Waals surface area contributed by atoms with Crippen molar-refractivity contribution >= 4 is 96.2 Å². The van der Waals surface area contributed by atoms with E-state index in [0.29, 0.717) is 40.6 Å². The third-order valence-corrected chi connectivity index (χ3v) is 9.58. The van der Waals surface area contributed by atoms with Crippen molar-refractivity contribution in [1.29, 1.82) is 0 Å². The lowest BCUT2D eigenvalue weighted by Crippen LogP contribution is -2.28. The molecular formula is C31H23Cl2IN2O5S2. The molecule has 0 saturated carbocycles. The number of thioether (sulfide) groups is 1. The number of hydrogen-bond acceptors (Lipinski definition) is 7. The Hall–Kier alpha value is -3.03. The maximum absolute atomic E-state index is 13.7. The van der Waals surface area contributed by atoms with E-state index >= 15 is 0 Å². The molecule has 1 aliphatic rings. The second-order valence-corrected chi connectivity index (χ2v) is 13.8. The number of aliphatic imine (C=N–C) groups is 1. The molecule has 0 aliphatic carbocycles. The highest BCUT2D eigenvalue weighted by molar-refractivity contribution is 14.1. The van der Waals surface area contributed by atoms with Gasteiger partial charge in [-0.05, 0) is 133 Å². The van der Waals surface area contributed by atoms with Crippen molar-refractivity contribution in [3.05, 3.63) is 115 Å². The number of carbonyl (C=O) groups is 1. The summed E-state index contributed by atoms with van der Waals surface area (Å²) in [5, 5.41) is 1.57. The maximum Gasteiger partial charge on any atom is 0.339 e. The SMILES string of the molecule is CCOc1cc(/C=C2\SC(=Nc3ccc(Cl)cc3)N(c3ccc(Cl)cc3)C2=O)cc(I)c1OS(=O)(=O)c1ccc(C)cc1. The second-order valence-electron chi connectivity index (χ2n) is 9.21. The number of anilines is 1. The van der Waals surface area contributed by atoms with E-state index in [2.05, 4.69) is 0 Å². The number of ether oxygens (including phenoxy) is 1. The van der Waals surface area contributed by atoms with Gasteiger partial charge in [-0.3, -0.25) is 9.69 Å². The number of halogens is 3. The van der Waals surface area contributed by atoms with E-state index in [1.807, 2.05) is 29.5 Å². The Morgan fingerprint density at radius 3 is 2.21 bits per heavy atom. The van der Waals surface area contributed by atoms with Gasteiger partial charge in [0, 0.05) is 10.0 Å². The maximum atomic E-state index is 13.7. The molecule has 12 heteroatoms. The standard InChI is InChI=1S/C31H23Cl2IN2O5S2/c1-3-40-27-17-20(16-26(34)29(27)41-43(38,39)25-14-4-19(2)5-15-25)18-28-30(37)36(24-12-8-22(33)9-13-24)31(42-28)35-23-10-6-21(32)7-11-23/h4-18H,3H2,1-2H3/b28-18-,35-31?. The Balaban J connectivity index is 1.52. The molecule has 0 atom stereocenters. The molecule has 43 heavy (non-hydrogen) atoms. The summed E-state index contributed by atoms with van der Waals surface area (Å²) in [5.41, 5.74) is 2.78. The van der Waals surface area contributed by atoms with Gasteiger partial charge in [0.05, 0.1) is 26.5 Å². The van der Waals surface area contributed by atoms with Gasteiger partial charge < -0.3 is 8.92 Å². The van der Waals surface area contributed by atoms with Crippen molar-refractivity contribution in [2.24, 2.45) is 4.99 Å². The molecule has 1 heterocycles. The molecule has 4 aromatic rings. The summed E-state index contributed by atoms with van der Waals surface area (Å²) in [6.07, 6.45) is 1.71. The molecule has 0 unspecified atom stereocenters. The first-order valence-corrected chi connectivity index (χ1v) is 16.9. The van der Waals surface area contributed by atoms with E-state index < -0.39 is 10.1 Å². The molecule has 0 radical (unpaired) electrons. The largest absolute Gasteiger partial charge is 0.490 e. The first-order chi connectivity index (χ1) is 20.5. The van der Waals surface area contributed by atoms with Crippen LogP contribution in [0.25, 0.3) is 6.08 Å². The van der Waals surface area contributed by atoms with Crippen LogP contribution in [-0.4, -0.2) is 26.1 Å². The number of hydrogen-bond donors (Lipinski definition) is 0. The minimum absolute atomic E-state index is 0.0327. The summed E-state index contributed by atoms with van der Waals surface area (Å²) < 4.78 is 37.9. The van der Waals surface area contributed by atoms with Crippen LogP contribution in [0.4, 0.5) is 11.4 Å². The van der Waals surface area contributed by atoms with Crippen LogP contribution in [0.2, 0.25) is 10.0 Å². The van der Waals surface area contributed by atoms with Crippen LogP contribution >= 0.6 is 57.6 Å². The molecule has 0 N–H and O–H groups in total. The Morgan fingerprint density at radius 1 is 0.953 bits per heavy atom. The van der Waals surface area contributed by atoms with E-state index in [9.17, 15) is 13.2 Å². The number of nitrogens with zero attached hydrogens (tertiary/aromatic N) is 2. The van der Waals surface area contributed by atoms with Gasteiger partial charge in [-0.2, -0.15) is 8.42 Å². The predicted molar refractivity (Wildman–Crippen MR) is 182 cm³/mol. The number of amides is 1. The van der Waals surface area contributed by atoms with Gasteiger partial charge in [0.2, 0.25) is 0 Å². The lowest BCUT2D eigenvalue weighted by molar-refractivity contribution is -0.113. The number of amidine groups is 1. The summed E-state index contributed by atoms with van der Waals surface area (Å²) in [6, 6.07) is 23.7. The van der Waals surface area contributed by atoms with E-state index in [-0.39, 0.29) is 28.9 Å². The quantitative estimate of drug-likeness (QED) is 0.101. The zero-order valence-corrected chi connectivity index (χ0v) is 28.1. The minimum Gasteiger partial charge on any atom is -0.490 e. The molecule has 0 spiro atoms. The van der Waals surface area contributed by atoms with Crippen molar-refractivity contribution in [3.63, 3.8) is 0 Å².